The Morgan fingerprint density at radius 3 is 2.95 bits per heavy atom. The summed E-state index contributed by atoms with van der Waals surface area (Å²) < 4.78 is 33.9. The van der Waals surface area contributed by atoms with E-state index in [0.29, 0.717) is 12.4 Å². The van der Waals surface area contributed by atoms with Gasteiger partial charge in [-0.25, -0.2) is 13.4 Å². The molecule has 1 saturated heterocycles. The average Bonchev–Trinajstić information content (AvgIpc) is 2.96. The van der Waals surface area contributed by atoms with Gasteiger partial charge in [-0.05, 0) is 18.9 Å². The second-order valence-corrected chi connectivity index (χ2v) is 7.07. The summed E-state index contributed by atoms with van der Waals surface area (Å²) >= 11 is 0. The van der Waals surface area contributed by atoms with Crippen molar-refractivity contribution in [1.82, 2.24) is 24.1 Å². The van der Waals surface area contributed by atoms with Crippen molar-refractivity contribution in [2.75, 3.05) is 13.1 Å². The van der Waals surface area contributed by atoms with Crippen molar-refractivity contribution in [2.24, 2.45) is 7.05 Å². The van der Waals surface area contributed by atoms with Crippen molar-refractivity contribution < 1.29 is 13.2 Å². The molecule has 1 aliphatic heterocycles. The number of ether oxygens (including phenoxy) is 1. The second-order valence-electron chi connectivity index (χ2n) is 5.18. The minimum atomic E-state index is -3.58. The van der Waals surface area contributed by atoms with E-state index in [-0.39, 0.29) is 17.7 Å². The standard InChI is InChI=1S/C13H17N5O3S/c1-17-9-13(14-10-17)22(19,20)18-7-3-4-11(8-18)21-12-5-2-6-15-16-12/h2,5-6,9-11H,3-4,7-8H2,1H3/t11-/m1/s1. The molecular weight excluding hydrogens is 306 g/mol. The van der Waals surface area contributed by atoms with Gasteiger partial charge in [0.1, 0.15) is 6.10 Å². The number of nitrogens with zero attached hydrogens (tertiary/aromatic N) is 5. The van der Waals surface area contributed by atoms with E-state index in [1.165, 1.54) is 16.8 Å². The highest BCUT2D eigenvalue weighted by Gasteiger charge is 2.32. The van der Waals surface area contributed by atoms with Crippen LogP contribution in [0.25, 0.3) is 0 Å². The SMILES string of the molecule is Cn1cnc(S(=O)(=O)N2CCC[C@@H](Oc3cccnn3)C2)c1. The van der Waals surface area contributed by atoms with Gasteiger partial charge in [0.15, 0.2) is 5.03 Å². The van der Waals surface area contributed by atoms with Crippen molar-refractivity contribution in [1.29, 1.82) is 0 Å². The molecule has 0 amide bonds. The number of sulfonamides is 1. The Hall–Kier alpha value is -2.00. The van der Waals surface area contributed by atoms with Crippen LogP contribution in [0.5, 0.6) is 5.88 Å². The molecule has 0 spiro atoms. The predicted octanol–water partition coefficient (Wildman–Crippen LogP) is 0.442. The van der Waals surface area contributed by atoms with Gasteiger partial charge in [-0.15, -0.1) is 5.10 Å². The number of aryl methyl sites for hydroxylation is 1. The molecule has 1 aliphatic rings. The summed E-state index contributed by atoms with van der Waals surface area (Å²) in [5.74, 6) is 0.407. The van der Waals surface area contributed by atoms with Gasteiger partial charge in [0.2, 0.25) is 5.88 Å². The second kappa shape index (κ2) is 6.01. The Morgan fingerprint density at radius 2 is 2.27 bits per heavy atom. The summed E-state index contributed by atoms with van der Waals surface area (Å²) in [5.41, 5.74) is 0. The summed E-state index contributed by atoms with van der Waals surface area (Å²) in [6.07, 6.45) is 5.82. The molecule has 3 rings (SSSR count). The lowest BCUT2D eigenvalue weighted by molar-refractivity contribution is 0.123. The molecule has 3 heterocycles. The molecule has 0 saturated carbocycles. The third-order valence-electron chi connectivity index (χ3n) is 3.46. The van der Waals surface area contributed by atoms with Crippen LogP contribution in [-0.4, -0.2) is 51.7 Å². The van der Waals surface area contributed by atoms with Crippen molar-refractivity contribution in [3.05, 3.63) is 30.9 Å². The van der Waals surface area contributed by atoms with Gasteiger partial charge in [0, 0.05) is 32.1 Å². The van der Waals surface area contributed by atoms with Gasteiger partial charge < -0.3 is 9.30 Å². The summed E-state index contributed by atoms with van der Waals surface area (Å²) in [4.78, 5) is 3.94. The highest BCUT2D eigenvalue weighted by molar-refractivity contribution is 7.89. The van der Waals surface area contributed by atoms with Crippen molar-refractivity contribution in [2.45, 2.75) is 24.0 Å². The summed E-state index contributed by atoms with van der Waals surface area (Å²) in [6.45, 7) is 0.759. The van der Waals surface area contributed by atoms with Gasteiger partial charge in [-0.3, -0.25) is 0 Å². The van der Waals surface area contributed by atoms with E-state index in [2.05, 4.69) is 15.2 Å². The number of hydrogen-bond acceptors (Lipinski definition) is 6. The van der Waals surface area contributed by atoms with E-state index in [1.807, 2.05) is 0 Å². The first kappa shape index (κ1) is 14.9. The molecule has 9 heteroatoms. The number of imidazole rings is 1. The van der Waals surface area contributed by atoms with Crippen molar-refractivity contribution in [3.8, 4) is 5.88 Å². The fourth-order valence-electron chi connectivity index (χ4n) is 2.39. The first-order valence-corrected chi connectivity index (χ1v) is 8.42. The molecule has 0 radical (unpaired) electrons. The summed E-state index contributed by atoms with van der Waals surface area (Å²) in [5, 5.41) is 7.68. The van der Waals surface area contributed by atoms with Crippen LogP contribution in [0.4, 0.5) is 0 Å². The van der Waals surface area contributed by atoms with E-state index in [1.54, 1.807) is 29.9 Å². The van der Waals surface area contributed by atoms with Crippen LogP contribution in [0.2, 0.25) is 0 Å². The zero-order chi connectivity index (χ0) is 15.6. The van der Waals surface area contributed by atoms with Crippen LogP contribution in [0, 0.1) is 0 Å². The minimum Gasteiger partial charge on any atom is -0.472 e. The Labute approximate surface area is 128 Å². The van der Waals surface area contributed by atoms with Crippen LogP contribution in [-0.2, 0) is 17.1 Å². The molecule has 2 aromatic rings. The van der Waals surface area contributed by atoms with Crippen LogP contribution in [0.15, 0.2) is 35.9 Å². The first-order valence-electron chi connectivity index (χ1n) is 6.98. The Balaban J connectivity index is 1.73. The van der Waals surface area contributed by atoms with Gasteiger partial charge in [-0.1, -0.05) is 0 Å². The summed E-state index contributed by atoms with van der Waals surface area (Å²) in [6, 6.07) is 3.44. The quantitative estimate of drug-likeness (QED) is 0.811. The van der Waals surface area contributed by atoms with Crippen molar-refractivity contribution in [3.63, 3.8) is 0 Å². The van der Waals surface area contributed by atoms with Gasteiger partial charge >= 0.3 is 0 Å². The molecule has 2 aromatic heterocycles. The van der Waals surface area contributed by atoms with E-state index in [4.69, 9.17) is 4.74 Å². The molecule has 0 N–H and O–H groups in total. The van der Waals surface area contributed by atoms with Crippen LogP contribution >= 0.6 is 0 Å². The highest BCUT2D eigenvalue weighted by atomic mass is 32.2. The Kier molecular flexibility index (Phi) is 4.08. The van der Waals surface area contributed by atoms with Crippen LogP contribution in [0.3, 0.4) is 0 Å². The molecule has 0 aliphatic carbocycles. The zero-order valence-electron chi connectivity index (χ0n) is 12.2. The number of rotatable bonds is 4. The molecular formula is C13H17N5O3S. The minimum absolute atomic E-state index is 0.0650. The third kappa shape index (κ3) is 3.09. The first-order chi connectivity index (χ1) is 10.6. The van der Waals surface area contributed by atoms with Gasteiger partial charge in [-0.2, -0.15) is 9.40 Å². The van der Waals surface area contributed by atoms with E-state index in [9.17, 15) is 8.42 Å². The fourth-order valence-corrected chi connectivity index (χ4v) is 3.87. The van der Waals surface area contributed by atoms with Crippen LogP contribution < -0.4 is 4.74 Å². The average molecular weight is 323 g/mol. The van der Waals surface area contributed by atoms with Gasteiger partial charge in [0.05, 0.1) is 12.9 Å². The predicted molar refractivity (Wildman–Crippen MR) is 77.6 cm³/mol. The van der Waals surface area contributed by atoms with E-state index in [0.717, 1.165) is 12.8 Å². The topological polar surface area (TPSA) is 90.2 Å². The third-order valence-corrected chi connectivity index (χ3v) is 5.21. The van der Waals surface area contributed by atoms with E-state index < -0.39 is 10.0 Å². The lowest BCUT2D eigenvalue weighted by atomic mass is 10.1. The monoisotopic (exact) mass is 323 g/mol. The lowest BCUT2D eigenvalue weighted by Crippen LogP contribution is -2.44. The molecule has 0 unspecified atom stereocenters. The molecule has 118 valence electrons. The molecule has 0 aromatic carbocycles. The lowest BCUT2D eigenvalue weighted by Gasteiger charge is -2.31. The molecule has 1 atom stereocenters. The molecule has 0 bridgehead atoms. The number of aromatic nitrogens is 4. The fraction of sp³-hybridized carbons (Fsp3) is 0.462. The maximum absolute atomic E-state index is 12.6. The highest BCUT2D eigenvalue weighted by Crippen LogP contribution is 2.21. The molecule has 8 nitrogen and oxygen atoms in total. The van der Waals surface area contributed by atoms with Crippen molar-refractivity contribution >= 4 is 10.0 Å². The summed E-state index contributed by atoms with van der Waals surface area (Å²) in [7, 11) is -1.84. The Bertz CT molecular complexity index is 731. The van der Waals surface area contributed by atoms with E-state index >= 15 is 0 Å². The van der Waals surface area contributed by atoms with Gasteiger partial charge in [0.25, 0.3) is 10.0 Å². The maximum Gasteiger partial charge on any atom is 0.262 e. The molecule has 22 heavy (non-hydrogen) atoms. The number of piperidine rings is 1. The smallest absolute Gasteiger partial charge is 0.262 e. The Morgan fingerprint density at radius 1 is 1.41 bits per heavy atom. The van der Waals surface area contributed by atoms with Crippen LogP contribution in [0.1, 0.15) is 12.8 Å². The molecule has 1 fully saturated rings. The largest absolute Gasteiger partial charge is 0.472 e. The normalized spacial score (nSPS) is 20.0. The maximum atomic E-state index is 12.6. The number of hydrogen-bond donors (Lipinski definition) is 0. The zero-order valence-corrected chi connectivity index (χ0v) is 13.0.